The molecule has 1 aliphatic heterocycles. The molecule has 9 heteroatoms. The molecule has 0 aliphatic carbocycles. The van der Waals surface area contributed by atoms with Gasteiger partial charge in [-0.2, -0.15) is 0 Å². The molecular weight excluding hydrogens is 391 g/mol. The number of anilines is 2. The Morgan fingerprint density at radius 1 is 1.26 bits per heavy atom. The van der Waals surface area contributed by atoms with Crippen molar-refractivity contribution in [2.75, 3.05) is 16.4 Å². The zero-order valence-electron chi connectivity index (χ0n) is 14.4. The van der Waals surface area contributed by atoms with Crippen LogP contribution in [0.3, 0.4) is 0 Å². The van der Waals surface area contributed by atoms with Crippen molar-refractivity contribution in [2.45, 2.75) is 28.4 Å². The van der Waals surface area contributed by atoms with E-state index in [4.69, 9.17) is 0 Å². The highest BCUT2D eigenvalue weighted by molar-refractivity contribution is 8.01. The number of rotatable bonds is 5. The molecule has 1 heterocycles. The third kappa shape index (κ3) is 4.67. The van der Waals surface area contributed by atoms with Crippen molar-refractivity contribution in [3.05, 3.63) is 48.3 Å². The lowest BCUT2D eigenvalue weighted by atomic mass is 10.3. The van der Waals surface area contributed by atoms with Crippen molar-refractivity contribution < 1.29 is 22.4 Å². The number of thioether (sulfide) groups is 1. The standard InChI is InChI=1S/C18H17FN2O4S2/c1-11-18(23)21-15-10-14(5-6-16(15)26-11)27(24,25)8-7-17(22)20-13-4-2-3-12(19)9-13/h2-6,9-11H,7-8H2,1H3,(H,20,22)(H,21,23)/t11-/m1/s1. The summed E-state index contributed by atoms with van der Waals surface area (Å²) in [4.78, 5) is 24.6. The van der Waals surface area contributed by atoms with Gasteiger partial charge in [0.05, 0.1) is 21.6 Å². The number of nitrogens with one attached hydrogen (secondary N) is 2. The highest BCUT2D eigenvalue weighted by Crippen LogP contribution is 2.36. The summed E-state index contributed by atoms with van der Waals surface area (Å²) < 4.78 is 38.2. The number of benzene rings is 2. The summed E-state index contributed by atoms with van der Waals surface area (Å²) in [5.41, 5.74) is 0.716. The van der Waals surface area contributed by atoms with Gasteiger partial charge in [-0.1, -0.05) is 6.07 Å². The largest absolute Gasteiger partial charge is 0.326 e. The van der Waals surface area contributed by atoms with Gasteiger partial charge in [0, 0.05) is 17.0 Å². The molecule has 0 aromatic heterocycles. The van der Waals surface area contributed by atoms with Gasteiger partial charge in [0.1, 0.15) is 5.82 Å². The van der Waals surface area contributed by atoms with E-state index in [-0.39, 0.29) is 28.2 Å². The van der Waals surface area contributed by atoms with Crippen LogP contribution in [0.15, 0.2) is 52.3 Å². The number of hydrogen-bond donors (Lipinski definition) is 2. The number of halogens is 1. The molecular formula is C18H17FN2O4S2. The first kappa shape index (κ1) is 19.4. The summed E-state index contributed by atoms with van der Waals surface area (Å²) in [6, 6.07) is 9.88. The van der Waals surface area contributed by atoms with Crippen molar-refractivity contribution in [3.8, 4) is 0 Å². The minimum atomic E-state index is -3.72. The molecule has 2 aromatic carbocycles. The average molecular weight is 408 g/mol. The highest BCUT2D eigenvalue weighted by Gasteiger charge is 2.25. The number of carbonyl (C=O) groups excluding carboxylic acids is 2. The lowest BCUT2D eigenvalue weighted by molar-refractivity contribution is -0.116. The fraction of sp³-hybridized carbons (Fsp3) is 0.222. The second-order valence-corrected chi connectivity index (χ2v) is 9.53. The molecule has 0 radical (unpaired) electrons. The average Bonchev–Trinajstić information content (AvgIpc) is 2.61. The van der Waals surface area contributed by atoms with E-state index in [1.807, 2.05) is 0 Å². The van der Waals surface area contributed by atoms with E-state index < -0.39 is 27.3 Å². The van der Waals surface area contributed by atoms with Gasteiger partial charge in [-0.25, -0.2) is 12.8 Å². The molecule has 0 saturated heterocycles. The molecule has 2 aromatic rings. The van der Waals surface area contributed by atoms with Gasteiger partial charge in [0.2, 0.25) is 11.8 Å². The van der Waals surface area contributed by atoms with Gasteiger partial charge in [-0.05, 0) is 43.3 Å². The first-order valence-electron chi connectivity index (χ1n) is 8.14. The Morgan fingerprint density at radius 3 is 2.78 bits per heavy atom. The Kier molecular flexibility index (Phi) is 5.52. The summed E-state index contributed by atoms with van der Waals surface area (Å²) in [6.45, 7) is 1.77. The summed E-state index contributed by atoms with van der Waals surface area (Å²) in [5.74, 6) is -1.61. The maximum Gasteiger partial charge on any atom is 0.237 e. The molecule has 1 aliphatic rings. The van der Waals surface area contributed by atoms with Crippen molar-refractivity contribution in [1.29, 1.82) is 0 Å². The highest BCUT2D eigenvalue weighted by atomic mass is 32.2. The van der Waals surface area contributed by atoms with Crippen molar-refractivity contribution >= 4 is 44.8 Å². The Bertz CT molecular complexity index is 1010. The molecule has 0 spiro atoms. The predicted octanol–water partition coefficient (Wildman–Crippen LogP) is 3.06. The van der Waals surface area contributed by atoms with Crippen LogP contribution in [0, 0.1) is 5.82 Å². The van der Waals surface area contributed by atoms with Gasteiger partial charge >= 0.3 is 0 Å². The van der Waals surface area contributed by atoms with Gasteiger partial charge in [-0.15, -0.1) is 11.8 Å². The molecule has 0 fully saturated rings. The molecule has 27 heavy (non-hydrogen) atoms. The fourth-order valence-electron chi connectivity index (χ4n) is 2.52. The van der Waals surface area contributed by atoms with E-state index in [0.29, 0.717) is 5.69 Å². The fourth-order valence-corrected chi connectivity index (χ4v) is 4.71. The topological polar surface area (TPSA) is 92.3 Å². The minimum absolute atomic E-state index is 0.0373. The van der Waals surface area contributed by atoms with Gasteiger partial charge in [0.25, 0.3) is 0 Å². The quantitative estimate of drug-likeness (QED) is 0.793. The molecule has 0 unspecified atom stereocenters. The zero-order valence-corrected chi connectivity index (χ0v) is 16.0. The van der Waals surface area contributed by atoms with Crippen LogP contribution in [0.25, 0.3) is 0 Å². The second kappa shape index (κ2) is 7.69. The summed E-state index contributed by atoms with van der Waals surface area (Å²) >= 11 is 1.36. The van der Waals surface area contributed by atoms with Crippen molar-refractivity contribution in [3.63, 3.8) is 0 Å². The van der Waals surface area contributed by atoms with Crippen LogP contribution in [0.2, 0.25) is 0 Å². The van der Waals surface area contributed by atoms with E-state index >= 15 is 0 Å². The first-order valence-corrected chi connectivity index (χ1v) is 10.7. The molecule has 2 amide bonds. The predicted molar refractivity (Wildman–Crippen MR) is 102 cm³/mol. The second-order valence-electron chi connectivity index (χ2n) is 6.03. The van der Waals surface area contributed by atoms with E-state index in [0.717, 1.165) is 11.0 Å². The van der Waals surface area contributed by atoms with Crippen LogP contribution in [0.1, 0.15) is 13.3 Å². The van der Waals surface area contributed by atoms with Crippen LogP contribution in [0.4, 0.5) is 15.8 Å². The van der Waals surface area contributed by atoms with Crippen molar-refractivity contribution in [2.24, 2.45) is 0 Å². The van der Waals surface area contributed by atoms with E-state index in [9.17, 15) is 22.4 Å². The van der Waals surface area contributed by atoms with Gasteiger partial charge in [-0.3, -0.25) is 9.59 Å². The Balaban J connectivity index is 1.67. The third-order valence-corrected chi connectivity index (χ3v) is 6.84. The molecule has 6 nitrogen and oxygen atoms in total. The molecule has 0 bridgehead atoms. The minimum Gasteiger partial charge on any atom is -0.326 e. The van der Waals surface area contributed by atoms with Gasteiger partial charge in [0.15, 0.2) is 9.84 Å². The maximum atomic E-state index is 13.1. The molecule has 2 N–H and O–H groups in total. The van der Waals surface area contributed by atoms with Crippen LogP contribution in [-0.4, -0.2) is 31.2 Å². The number of fused-ring (bicyclic) bond motifs is 1. The van der Waals surface area contributed by atoms with Crippen LogP contribution in [-0.2, 0) is 19.4 Å². The van der Waals surface area contributed by atoms with Crippen LogP contribution < -0.4 is 10.6 Å². The molecule has 142 valence electrons. The van der Waals surface area contributed by atoms with E-state index in [1.165, 1.54) is 42.1 Å². The SMILES string of the molecule is C[C@H]1Sc2ccc(S(=O)(=O)CCC(=O)Nc3cccc(F)c3)cc2NC1=O. The van der Waals surface area contributed by atoms with E-state index in [2.05, 4.69) is 10.6 Å². The van der Waals surface area contributed by atoms with Crippen molar-refractivity contribution in [1.82, 2.24) is 0 Å². The molecule has 1 atom stereocenters. The first-order chi connectivity index (χ1) is 12.7. The zero-order chi connectivity index (χ0) is 19.6. The number of hydrogen-bond acceptors (Lipinski definition) is 5. The smallest absolute Gasteiger partial charge is 0.237 e. The monoisotopic (exact) mass is 408 g/mol. The lowest BCUT2D eigenvalue weighted by Crippen LogP contribution is -2.26. The Labute approximate surface area is 160 Å². The molecule has 3 rings (SSSR count). The third-order valence-electron chi connectivity index (χ3n) is 3.95. The Morgan fingerprint density at radius 2 is 2.04 bits per heavy atom. The molecule has 0 saturated carbocycles. The summed E-state index contributed by atoms with van der Waals surface area (Å²) in [6.07, 6.45) is -0.270. The number of amides is 2. The van der Waals surface area contributed by atoms with E-state index in [1.54, 1.807) is 13.0 Å². The Hall–Kier alpha value is -2.39. The lowest BCUT2D eigenvalue weighted by Gasteiger charge is -2.21. The summed E-state index contributed by atoms with van der Waals surface area (Å²) in [7, 11) is -3.72. The number of sulfone groups is 1. The van der Waals surface area contributed by atoms with Crippen LogP contribution >= 0.6 is 11.8 Å². The maximum absolute atomic E-state index is 13.1. The normalized spacial score (nSPS) is 16.4. The summed E-state index contributed by atoms with van der Waals surface area (Å²) in [5, 5.41) is 4.91. The van der Waals surface area contributed by atoms with Gasteiger partial charge < -0.3 is 10.6 Å². The number of carbonyl (C=O) groups is 2. The van der Waals surface area contributed by atoms with Crippen LogP contribution in [0.5, 0.6) is 0 Å².